The minimum atomic E-state index is -0.764. The van der Waals surface area contributed by atoms with E-state index in [-0.39, 0.29) is 5.82 Å². The maximum Gasteiger partial charge on any atom is 0.123 e. The number of hydrogen-bond donors (Lipinski definition) is 1. The Bertz CT molecular complexity index is 511. The minimum absolute atomic E-state index is 0.314. The number of benzene rings is 1. The lowest BCUT2D eigenvalue weighted by atomic mass is 10.0. The second kappa shape index (κ2) is 4.88. The molecule has 90 valence electrons. The van der Waals surface area contributed by atoms with Gasteiger partial charge in [-0.1, -0.05) is 6.07 Å². The van der Waals surface area contributed by atoms with E-state index >= 15 is 0 Å². The van der Waals surface area contributed by atoms with E-state index in [2.05, 4.69) is 15.9 Å². The van der Waals surface area contributed by atoms with E-state index in [1.54, 1.807) is 6.07 Å². The van der Waals surface area contributed by atoms with Gasteiger partial charge in [0.2, 0.25) is 0 Å². The number of halogens is 2. The van der Waals surface area contributed by atoms with Gasteiger partial charge >= 0.3 is 0 Å². The standard InChI is InChI=1S/C13H12BrFOS/c1-7-3-9(6-10(15)4-7)12(16)11-5-8(2)13(14)17-11/h3-6,12,16H,1-2H3. The van der Waals surface area contributed by atoms with E-state index in [9.17, 15) is 9.50 Å². The van der Waals surface area contributed by atoms with Crippen LogP contribution in [0.25, 0.3) is 0 Å². The molecule has 17 heavy (non-hydrogen) atoms. The van der Waals surface area contributed by atoms with Gasteiger partial charge in [-0.2, -0.15) is 0 Å². The van der Waals surface area contributed by atoms with E-state index in [1.807, 2.05) is 19.9 Å². The van der Waals surface area contributed by atoms with Crippen LogP contribution in [0.15, 0.2) is 28.1 Å². The average Bonchev–Trinajstić information content (AvgIpc) is 2.57. The SMILES string of the molecule is Cc1cc(F)cc(C(O)c2cc(C)c(Br)s2)c1. The van der Waals surface area contributed by atoms with E-state index < -0.39 is 6.10 Å². The molecular weight excluding hydrogens is 303 g/mol. The molecule has 1 heterocycles. The molecule has 2 rings (SSSR count). The predicted molar refractivity (Wildman–Crippen MR) is 72.0 cm³/mol. The van der Waals surface area contributed by atoms with Gasteiger partial charge in [0, 0.05) is 4.88 Å². The van der Waals surface area contributed by atoms with E-state index in [0.717, 1.165) is 19.8 Å². The van der Waals surface area contributed by atoms with Crippen LogP contribution in [-0.2, 0) is 0 Å². The molecular formula is C13H12BrFOS. The van der Waals surface area contributed by atoms with Crippen LogP contribution in [0.5, 0.6) is 0 Å². The van der Waals surface area contributed by atoms with Crippen LogP contribution in [-0.4, -0.2) is 5.11 Å². The highest BCUT2D eigenvalue weighted by molar-refractivity contribution is 9.11. The molecule has 0 spiro atoms. The molecule has 1 atom stereocenters. The largest absolute Gasteiger partial charge is 0.383 e. The molecule has 2 aromatic rings. The van der Waals surface area contributed by atoms with Gasteiger partial charge in [-0.05, 0) is 64.7 Å². The van der Waals surface area contributed by atoms with Gasteiger partial charge in [-0.3, -0.25) is 0 Å². The summed E-state index contributed by atoms with van der Waals surface area (Å²) in [7, 11) is 0. The van der Waals surface area contributed by atoms with Crippen molar-refractivity contribution in [2.24, 2.45) is 0 Å². The van der Waals surface area contributed by atoms with E-state index in [1.165, 1.54) is 23.5 Å². The highest BCUT2D eigenvalue weighted by Gasteiger charge is 2.15. The third kappa shape index (κ3) is 2.76. The molecule has 0 aliphatic heterocycles. The molecule has 1 aromatic carbocycles. The Balaban J connectivity index is 2.39. The first-order valence-electron chi connectivity index (χ1n) is 5.18. The number of aliphatic hydroxyl groups is 1. The average molecular weight is 315 g/mol. The quantitative estimate of drug-likeness (QED) is 0.873. The maximum atomic E-state index is 13.3. The van der Waals surface area contributed by atoms with Crippen molar-refractivity contribution >= 4 is 27.3 Å². The Morgan fingerprint density at radius 3 is 2.47 bits per heavy atom. The molecule has 4 heteroatoms. The zero-order chi connectivity index (χ0) is 12.6. The number of aryl methyl sites for hydroxylation is 2. The molecule has 0 aliphatic rings. The molecule has 0 radical (unpaired) electrons. The molecule has 1 nitrogen and oxygen atoms in total. The maximum absolute atomic E-state index is 13.3. The lowest BCUT2D eigenvalue weighted by Gasteiger charge is -2.09. The summed E-state index contributed by atoms with van der Waals surface area (Å²) in [5.41, 5.74) is 2.49. The molecule has 0 fully saturated rings. The summed E-state index contributed by atoms with van der Waals surface area (Å²) in [6.07, 6.45) is -0.764. The summed E-state index contributed by atoms with van der Waals surface area (Å²) >= 11 is 4.89. The Labute approximate surface area is 112 Å². The molecule has 0 bridgehead atoms. The van der Waals surface area contributed by atoms with Crippen molar-refractivity contribution in [1.29, 1.82) is 0 Å². The van der Waals surface area contributed by atoms with Gasteiger partial charge in [-0.25, -0.2) is 4.39 Å². The monoisotopic (exact) mass is 314 g/mol. The first-order chi connectivity index (χ1) is 7.97. The summed E-state index contributed by atoms with van der Waals surface area (Å²) in [5, 5.41) is 10.2. The van der Waals surface area contributed by atoms with E-state index in [4.69, 9.17) is 0 Å². The van der Waals surface area contributed by atoms with Crippen molar-refractivity contribution < 1.29 is 9.50 Å². The second-order valence-corrected chi connectivity index (χ2v) is 6.47. The van der Waals surface area contributed by atoms with Crippen LogP contribution in [0.3, 0.4) is 0 Å². The van der Waals surface area contributed by atoms with Crippen LogP contribution < -0.4 is 0 Å². The Kier molecular flexibility index (Phi) is 3.66. The van der Waals surface area contributed by atoms with Crippen molar-refractivity contribution in [3.8, 4) is 0 Å². The van der Waals surface area contributed by atoms with Gasteiger partial charge < -0.3 is 5.11 Å². The van der Waals surface area contributed by atoms with Gasteiger partial charge in [0.05, 0.1) is 3.79 Å². The first kappa shape index (κ1) is 12.7. The fraction of sp³-hybridized carbons (Fsp3) is 0.231. The molecule has 1 N–H and O–H groups in total. The zero-order valence-electron chi connectivity index (χ0n) is 9.50. The first-order valence-corrected chi connectivity index (χ1v) is 6.79. The fourth-order valence-corrected chi connectivity index (χ4v) is 3.29. The van der Waals surface area contributed by atoms with Crippen molar-refractivity contribution in [1.82, 2.24) is 0 Å². The highest BCUT2D eigenvalue weighted by Crippen LogP contribution is 2.34. The summed E-state index contributed by atoms with van der Waals surface area (Å²) in [6.45, 7) is 3.78. The van der Waals surface area contributed by atoms with Gasteiger partial charge in [0.1, 0.15) is 11.9 Å². The number of hydrogen-bond acceptors (Lipinski definition) is 2. The topological polar surface area (TPSA) is 20.2 Å². The summed E-state index contributed by atoms with van der Waals surface area (Å²) < 4.78 is 14.3. The van der Waals surface area contributed by atoms with Gasteiger partial charge in [0.25, 0.3) is 0 Å². The van der Waals surface area contributed by atoms with Gasteiger partial charge in [-0.15, -0.1) is 11.3 Å². The molecule has 0 aliphatic carbocycles. The number of thiophene rings is 1. The molecule has 1 aromatic heterocycles. The highest BCUT2D eigenvalue weighted by atomic mass is 79.9. The third-order valence-corrected chi connectivity index (χ3v) is 4.71. The van der Waals surface area contributed by atoms with Crippen molar-refractivity contribution in [3.05, 3.63) is 55.4 Å². The number of rotatable bonds is 2. The van der Waals surface area contributed by atoms with Crippen LogP contribution in [0.4, 0.5) is 4.39 Å². The van der Waals surface area contributed by atoms with Crippen molar-refractivity contribution in [2.75, 3.05) is 0 Å². The van der Waals surface area contributed by atoms with Crippen molar-refractivity contribution in [3.63, 3.8) is 0 Å². The van der Waals surface area contributed by atoms with Crippen LogP contribution in [0.2, 0.25) is 0 Å². The zero-order valence-corrected chi connectivity index (χ0v) is 11.9. The summed E-state index contributed by atoms with van der Waals surface area (Å²) in [4.78, 5) is 0.819. The molecule has 1 unspecified atom stereocenters. The predicted octanol–water partition coefficient (Wildman–Crippen LogP) is 4.35. The van der Waals surface area contributed by atoms with Crippen LogP contribution in [0.1, 0.15) is 27.7 Å². The lowest BCUT2D eigenvalue weighted by Crippen LogP contribution is -1.98. The molecule has 0 saturated heterocycles. The smallest absolute Gasteiger partial charge is 0.123 e. The third-order valence-electron chi connectivity index (χ3n) is 2.53. The van der Waals surface area contributed by atoms with Gasteiger partial charge in [0.15, 0.2) is 0 Å². The van der Waals surface area contributed by atoms with Crippen molar-refractivity contribution in [2.45, 2.75) is 20.0 Å². The van der Waals surface area contributed by atoms with Crippen LogP contribution in [0, 0.1) is 19.7 Å². The number of aliphatic hydroxyl groups excluding tert-OH is 1. The van der Waals surface area contributed by atoms with E-state index in [0.29, 0.717) is 5.56 Å². The minimum Gasteiger partial charge on any atom is -0.383 e. The normalized spacial score (nSPS) is 12.8. The lowest BCUT2D eigenvalue weighted by molar-refractivity contribution is 0.223. The Morgan fingerprint density at radius 1 is 1.24 bits per heavy atom. The summed E-state index contributed by atoms with van der Waals surface area (Å²) in [6, 6.07) is 6.54. The molecule has 0 saturated carbocycles. The second-order valence-electron chi connectivity index (χ2n) is 4.07. The van der Waals surface area contributed by atoms with Crippen LogP contribution >= 0.6 is 27.3 Å². The summed E-state index contributed by atoms with van der Waals surface area (Å²) in [5.74, 6) is -0.314. The Morgan fingerprint density at radius 2 is 1.94 bits per heavy atom. The fourth-order valence-electron chi connectivity index (χ4n) is 1.71. The Hall–Kier alpha value is -0.710. The molecule has 0 amide bonds.